The Kier molecular flexibility index (Phi) is 7.83. The van der Waals surface area contributed by atoms with E-state index in [0.29, 0.717) is 6.61 Å². The number of aliphatic hydroxyl groups excluding tert-OH is 1. The fourth-order valence-electron chi connectivity index (χ4n) is 1.39. The molecule has 0 heterocycles. The van der Waals surface area contributed by atoms with Crippen molar-refractivity contribution in [2.75, 3.05) is 12.4 Å². The molecule has 0 spiro atoms. The number of amides is 1. The quantitative estimate of drug-likeness (QED) is 0.687. The molecule has 0 radical (unpaired) electrons. The van der Waals surface area contributed by atoms with Gasteiger partial charge in [-0.05, 0) is 33.4 Å². The van der Waals surface area contributed by atoms with E-state index in [1.807, 2.05) is 34.6 Å². The van der Waals surface area contributed by atoms with E-state index in [9.17, 15) is 9.90 Å². The summed E-state index contributed by atoms with van der Waals surface area (Å²) in [5, 5.41) is 12.4. The second-order valence-corrected chi connectivity index (χ2v) is 6.36. The first-order valence-electron chi connectivity index (χ1n) is 6.02. The highest BCUT2D eigenvalue weighted by molar-refractivity contribution is 7.99. The van der Waals surface area contributed by atoms with Crippen molar-refractivity contribution in [3.8, 4) is 0 Å². The number of nitrogens with one attached hydrogen (secondary N) is 1. The normalized spacial score (nSPS) is 15.4. The molecule has 2 atom stereocenters. The van der Waals surface area contributed by atoms with Crippen molar-refractivity contribution < 1.29 is 14.6 Å². The van der Waals surface area contributed by atoms with Gasteiger partial charge < -0.3 is 15.2 Å². The monoisotopic (exact) mass is 263 g/mol. The van der Waals surface area contributed by atoms with Gasteiger partial charge in [0.2, 0.25) is 5.91 Å². The first kappa shape index (κ1) is 16.7. The van der Waals surface area contributed by atoms with Gasteiger partial charge in [-0.2, -0.15) is 11.8 Å². The zero-order valence-corrected chi connectivity index (χ0v) is 12.3. The predicted molar refractivity (Wildman–Crippen MR) is 72.1 cm³/mol. The molecule has 17 heavy (non-hydrogen) atoms. The Morgan fingerprint density at radius 1 is 1.41 bits per heavy atom. The van der Waals surface area contributed by atoms with E-state index in [1.165, 1.54) is 0 Å². The van der Waals surface area contributed by atoms with Crippen LogP contribution in [-0.2, 0) is 9.53 Å². The number of ether oxygens (including phenoxy) is 1. The molecule has 0 aromatic carbocycles. The molecular formula is C12H25NO3S. The van der Waals surface area contributed by atoms with Gasteiger partial charge in [-0.3, -0.25) is 4.79 Å². The minimum Gasteiger partial charge on any atom is -0.367 e. The molecule has 0 bridgehead atoms. The molecule has 0 saturated carbocycles. The second-order valence-electron chi connectivity index (χ2n) is 4.84. The van der Waals surface area contributed by atoms with Gasteiger partial charge in [-0.15, -0.1) is 0 Å². The lowest BCUT2D eigenvalue weighted by Crippen LogP contribution is -2.43. The maximum absolute atomic E-state index is 11.8. The van der Waals surface area contributed by atoms with Crippen LogP contribution in [0.25, 0.3) is 0 Å². The molecule has 0 saturated heterocycles. The van der Waals surface area contributed by atoms with Gasteiger partial charge in [0.15, 0.2) is 6.29 Å². The van der Waals surface area contributed by atoms with E-state index in [-0.39, 0.29) is 23.1 Å². The van der Waals surface area contributed by atoms with Crippen LogP contribution in [-0.4, -0.2) is 40.5 Å². The number of thioether (sulfide) groups is 1. The molecule has 2 unspecified atom stereocenters. The molecule has 4 nitrogen and oxygen atoms in total. The van der Waals surface area contributed by atoms with Gasteiger partial charge in [0.1, 0.15) is 0 Å². The van der Waals surface area contributed by atoms with Crippen molar-refractivity contribution >= 4 is 17.7 Å². The van der Waals surface area contributed by atoms with Crippen molar-refractivity contribution in [3.05, 3.63) is 0 Å². The Balaban J connectivity index is 4.28. The third kappa shape index (κ3) is 8.46. The maximum Gasteiger partial charge on any atom is 0.221 e. The van der Waals surface area contributed by atoms with Gasteiger partial charge in [-0.25, -0.2) is 0 Å². The van der Waals surface area contributed by atoms with E-state index in [0.717, 1.165) is 5.75 Å². The molecule has 0 aliphatic heterocycles. The van der Waals surface area contributed by atoms with E-state index in [2.05, 4.69) is 5.32 Å². The fraction of sp³-hybridized carbons (Fsp3) is 0.917. The SMILES string of the molecule is CCOC(O)C(CC(=O)NC(C)(C)C)SCC. The smallest absolute Gasteiger partial charge is 0.221 e. The van der Waals surface area contributed by atoms with Crippen molar-refractivity contribution in [3.63, 3.8) is 0 Å². The molecule has 0 aromatic rings. The average molecular weight is 263 g/mol. The van der Waals surface area contributed by atoms with Crippen molar-refractivity contribution in [1.82, 2.24) is 5.32 Å². The average Bonchev–Trinajstić information content (AvgIpc) is 2.14. The van der Waals surface area contributed by atoms with Crippen LogP contribution in [0.15, 0.2) is 0 Å². The third-order valence-corrected chi connectivity index (χ3v) is 3.10. The van der Waals surface area contributed by atoms with E-state index < -0.39 is 6.29 Å². The van der Waals surface area contributed by atoms with E-state index in [1.54, 1.807) is 11.8 Å². The minimum atomic E-state index is -0.879. The Morgan fingerprint density at radius 3 is 2.41 bits per heavy atom. The fourth-order valence-corrected chi connectivity index (χ4v) is 2.33. The highest BCUT2D eigenvalue weighted by Crippen LogP contribution is 2.19. The molecule has 0 rings (SSSR count). The molecule has 102 valence electrons. The first-order chi connectivity index (χ1) is 7.80. The molecule has 0 fully saturated rings. The summed E-state index contributed by atoms with van der Waals surface area (Å²) >= 11 is 1.54. The lowest BCUT2D eigenvalue weighted by atomic mass is 10.1. The van der Waals surface area contributed by atoms with Crippen LogP contribution < -0.4 is 5.32 Å². The van der Waals surface area contributed by atoms with E-state index >= 15 is 0 Å². The summed E-state index contributed by atoms with van der Waals surface area (Å²) < 4.78 is 5.14. The number of rotatable bonds is 7. The summed E-state index contributed by atoms with van der Waals surface area (Å²) in [6, 6.07) is 0. The number of hydrogen-bond donors (Lipinski definition) is 2. The first-order valence-corrected chi connectivity index (χ1v) is 7.07. The summed E-state index contributed by atoms with van der Waals surface area (Å²) in [5.41, 5.74) is -0.241. The van der Waals surface area contributed by atoms with Crippen LogP contribution in [0, 0.1) is 0 Å². The van der Waals surface area contributed by atoms with E-state index in [4.69, 9.17) is 4.74 Å². The summed E-state index contributed by atoms with van der Waals surface area (Å²) in [5.74, 6) is 0.791. The Hall–Kier alpha value is -0.260. The number of carbonyl (C=O) groups excluding carboxylic acids is 1. The molecule has 0 aliphatic rings. The zero-order chi connectivity index (χ0) is 13.5. The molecular weight excluding hydrogens is 238 g/mol. The van der Waals surface area contributed by atoms with Crippen molar-refractivity contribution in [2.24, 2.45) is 0 Å². The van der Waals surface area contributed by atoms with Gasteiger partial charge in [0, 0.05) is 18.6 Å². The van der Waals surface area contributed by atoms with Crippen LogP contribution in [0.4, 0.5) is 0 Å². The van der Waals surface area contributed by atoms with Crippen molar-refractivity contribution in [1.29, 1.82) is 0 Å². The van der Waals surface area contributed by atoms with Crippen LogP contribution in [0.2, 0.25) is 0 Å². The number of hydrogen-bond acceptors (Lipinski definition) is 4. The van der Waals surface area contributed by atoms with Gasteiger partial charge >= 0.3 is 0 Å². The molecule has 2 N–H and O–H groups in total. The largest absolute Gasteiger partial charge is 0.367 e. The highest BCUT2D eigenvalue weighted by atomic mass is 32.2. The van der Waals surface area contributed by atoms with Crippen LogP contribution in [0.5, 0.6) is 0 Å². The van der Waals surface area contributed by atoms with Crippen LogP contribution in [0.1, 0.15) is 41.0 Å². The van der Waals surface area contributed by atoms with Gasteiger partial charge in [0.05, 0.1) is 5.25 Å². The Morgan fingerprint density at radius 2 is 2.00 bits per heavy atom. The summed E-state index contributed by atoms with van der Waals surface area (Å²) in [6.45, 7) is 10.1. The zero-order valence-electron chi connectivity index (χ0n) is 11.4. The predicted octanol–water partition coefficient (Wildman–Crippen LogP) is 1.77. The molecule has 0 aliphatic carbocycles. The lowest BCUT2D eigenvalue weighted by molar-refractivity contribution is -0.127. The standard InChI is InChI=1S/C12H25NO3S/c1-6-16-11(15)9(17-7-2)8-10(14)13-12(3,4)5/h9,11,15H,6-8H2,1-5H3,(H,13,14). The molecule has 5 heteroatoms. The van der Waals surface area contributed by atoms with Gasteiger partial charge in [0.25, 0.3) is 0 Å². The maximum atomic E-state index is 11.8. The number of aliphatic hydroxyl groups is 1. The Bertz CT molecular complexity index is 228. The van der Waals surface area contributed by atoms with Crippen LogP contribution in [0.3, 0.4) is 0 Å². The topological polar surface area (TPSA) is 58.6 Å². The lowest BCUT2D eigenvalue weighted by Gasteiger charge is -2.25. The molecule has 1 amide bonds. The second kappa shape index (κ2) is 7.95. The van der Waals surface area contributed by atoms with Crippen molar-refractivity contribution in [2.45, 2.75) is 58.1 Å². The molecule has 0 aromatic heterocycles. The van der Waals surface area contributed by atoms with Gasteiger partial charge in [-0.1, -0.05) is 6.92 Å². The summed E-state index contributed by atoms with van der Waals surface area (Å²) in [6.07, 6.45) is -0.604. The third-order valence-electron chi connectivity index (χ3n) is 1.94. The summed E-state index contributed by atoms with van der Waals surface area (Å²) in [4.78, 5) is 11.8. The summed E-state index contributed by atoms with van der Waals surface area (Å²) in [7, 11) is 0. The van der Waals surface area contributed by atoms with Crippen LogP contribution >= 0.6 is 11.8 Å². The highest BCUT2D eigenvalue weighted by Gasteiger charge is 2.24. The number of carbonyl (C=O) groups is 1. The Labute approximate surface area is 108 Å². The minimum absolute atomic E-state index is 0.0535.